The summed E-state index contributed by atoms with van der Waals surface area (Å²) >= 11 is 0. The number of hydrogen-bond acceptors (Lipinski definition) is 4. The summed E-state index contributed by atoms with van der Waals surface area (Å²) in [5, 5.41) is 20.0. The summed E-state index contributed by atoms with van der Waals surface area (Å²) in [4.78, 5) is 11.6. The van der Waals surface area contributed by atoms with Gasteiger partial charge in [-0.25, -0.2) is 4.79 Å². The van der Waals surface area contributed by atoms with E-state index < -0.39 is 12.1 Å². The molecule has 0 saturated heterocycles. The van der Waals surface area contributed by atoms with Crippen molar-refractivity contribution >= 4 is 5.97 Å². The Bertz CT molecular complexity index is 388. The van der Waals surface area contributed by atoms with Crippen LogP contribution in [0, 0.1) is 11.8 Å². The maximum absolute atomic E-state index is 11.6. The van der Waals surface area contributed by atoms with Crippen LogP contribution >= 0.6 is 0 Å². The van der Waals surface area contributed by atoms with Gasteiger partial charge in [0.25, 0.3) is 0 Å². The predicted octanol–water partition coefficient (Wildman–Crippen LogP) is 1.96. The summed E-state index contributed by atoms with van der Waals surface area (Å²) in [5.74, 6) is -0.249. The largest absolute Gasteiger partial charge is 0.460 e. The van der Waals surface area contributed by atoms with Gasteiger partial charge in [-0.2, -0.15) is 0 Å². The van der Waals surface area contributed by atoms with Crippen LogP contribution in [0.5, 0.6) is 0 Å². The third-order valence-electron chi connectivity index (χ3n) is 4.19. The van der Waals surface area contributed by atoms with Gasteiger partial charge in [-0.3, -0.25) is 0 Å². The van der Waals surface area contributed by atoms with Crippen LogP contribution in [-0.2, 0) is 9.53 Å². The minimum Gasteiger partial charge on any atom is -0.460 e. The quantitative estimate of drug-likeness (QED) is 0.526. The number of aliphatic hydroxyl groups is 2. The van der Waals surface area contributed by atoms with Gasteiger partial charge in [-0.1, -0.05) is 12.2 Å². The molecule has 1 saturated carbocycles. The molecule has 0 spiro atoms. The molecule has 112 valence electrons. The lowest BCUT2D eigenvalue weighted by Crippen LogP contribution is -2.21. The molecule has 2 N–H and O–H groups in total. The molecule has 1 heterocycles. The second-order valence-corrected chi connectivity index (χ2v) is 5.91. The third-order valence-corrected chi connectivity index (χ3v) is 4.19. The molecule has 1 aliphatic carbocycles. The highest BCUT2D eigenvalue weighted by Crippen LogP contribution is 2.36. The molecule has 0 aromatic heterocycles. The van der Waals surface area contributed by atoms with E-state index in [9.17, 15) is 15.0 Å². The van der Waals surface area contributed by atoms with Crippen molar-refractivity contribution < 1.29 is 19.7 Å². The van der Waals surface area contributed by atoms with E-state index in [1.807, 2.05) is 6.92 Å². The van der Waals surface area contributed by atoms with Crippen molar-refractivity contribution in [2.75, 3.05) is 0 Å². The highest BCUT2D eigenvalue weighted by molar-refractivity contribution is 5.82. The molecule has 4 heteroatoms. The van der Waals surface area contributed by atoms with Gasteiger partial charge in [0.05, 0.1) is 18.3 Å². The van der Waals surface area contributed by atoms with Gasteiger partial charge in [0.1, 0.15) is 0 Å². The van der Waals surface area contributed by atoms with Crippen LogP contribution in [0.25, 0.3) is 0 Å². The van der Waals surface area contributed by atoms with E-state index in [4.69, 9.17) is 4.74 Å². The first kappa shape index (κ1) is 15.3. The second kappa shape index (κ2) is 7.04. The number of ether oxygens (including phenoxy) is 1. The molecule has 0 amide bonds. The first-order valence-corrected chi connectivity index (χ1v) is 7.48. The lowest BCUT2D eigenvalue weighted by Gasteiger charge is -2.19. The van der Waals surface area contributed by atoms with Gasteiger partial charge >= 0.3 is 5.97 Å². The van der Waals surface area contributed by atoms with Gasteiger partial charge < -0.3 is 14.9 Å². The van der Waals surface area contributed by atoms with E-state index in [1.165, 1.54) is 12.2 Å². The summed E-state index contributed by atoms with van der Waals surface area (Å²) in [7, 11) is 0. The molecule has 0 aromatic rings. The number of allylic oxidation sites excluding steroid dienone is 2. The van der Waals surface area contributed by atoms with Crippen LogP contribution in [0.2, 0.25) is 0 Å². The van der Waals surface area contributed by atoms with Crippen molar-refractivity contribution in [3.8, 4) is 0 Å². The molecule has 5 atom stereocenters. The Balaban J connectivity index is 2.11. The number of cyclic esters (lactones) is 1. The molecule has 0 bridgehead atoms. The van der Waals surface area contributed by atoms with Crippen molar-refractivity contribution in [2.45, 2.75) is 57.3 Å². The van der Waals surface area contributed by atoms with Gasteiger partial charge in [0.15, 0.2) is 0 Å². The van der Waals surface area contributed by atoms with E-state index >= 15 is 0 Å². The molecule has 0 aromatic carbocycles. The Morgan fingerprint density at radius 3 is 2.85 bits per heavy atom. The molecule has 2 aliphatic rings. The lowest BCUT2D eigenvalue weighted by atomic mass is 9.90. The number of rotatable bonds is 0. The Hall–Kier alpha value is -1.13. The molecule has 1 fully saturated rings. The van der Waals surface area contributed by atoms with Gasteiger partial charge in [0, 0.05) is 6.08 Å². The number of carbonyl (C=O) groups is 1. The fraction of sp³-hybridized carbons (Fsp3) is 0.688. The Morgan fingerprint density at radius 1 is 1.25 bits per heavy atom. The second-order valence-electron chi connectivity index (χ2n) is 5.91. The normalized spacial score (nSPS) is 42.5. The van der Waals surface area contributed by atoms with Crippen LogP contribution in [0.15, 0.2) is 24.3 Å². The number of fused-ring (bicyclic) bond motifs is 1. The van der Waals surface area contributed by atoms with Crippen LogP contribution in [0.4, 0.5) is 0 Å². The molecule has 1 aliphatic heterocycles. The zero-order valence-corrected chi connectivity index (χ0v) is 11.9. The van der Waals surface area contributed by atoms with Crippen molar-refractivity contribution in [3.63, 3.8) is 0 Å². The summed E-state index contributed by atoms with van der Waals surface area (Å²) in [6, 6.07) is 0. The maximum Gasteiger partial charge on any atom is 0.330 e. The highest BCUT2D eigenvalue weighted by Gasteiger charge is 2.35. The van der Waals surface area contributed by atoms with Crippen LogP contribution in [0.1, 0.15) is 39.0 Å². The van der Waals surface area contributed by atoms with E-state index in [-0.39, 0.29) is 24.0 Å². The first-order chi connectivity index (χ1) is 9.56. The van der Waals surface area contributed by atoms with Crippen molar-refractivity contribution in [1.29, 1.82) is 0 Å². The zero-order valence-electron chi connectivity index (χ0n) is 11.9. The van der Waals surface area contributed by atoms with E-state index in [1.54, 1.807) is 0 Å². The average molecular weight is 280 g/mol. The molecular formula is C16H24O4. The Labute approximate surface area is 120 Å². The van der Waals surface area contributed by atoms with Gasteiger partial charge in [-0.15, -0.1) is 0 Å². The van der Waals surface area contributed by atoms with Crippen LogP contribution in [0.3, 0.4) is 0 Å². The molecule has 20 heavy (non-hydrogen) atoms. The summed E-state index contributed by atoms with van der Waals surface area (Å²) in [5.41, 5.74) is 0. The summed E-state index contributed by atoms with van der Waals surface area (Å²) < 4.78 is 5.23. The Morgan fingerprint density at radius 2 is 2.05 bits per heavy atom. The molecule has 4 nitrogen and oxygen atoms in total. The highest BCUT2D eigenvalue weighted by atomic mass is 16.5. The van der Waals surface area contributed by atoms with Gasteiger partial charge in [0.2, 0.25) is 0 Å². The first-order valence-electron chi connectivity index (χ1n) is 7.48. The average Bonchev–Trinajstić information content (AvgIpc) is 2.76. The SMILES string of the molecule is C[C@H]1CCC/C=C\[C@H]2C[C@H](O)C[C@H]2[C@H](O)/C=C\C(=O)O1. The Kier molecular flexibility index (Phi) is 5.38. The number of carbonyl (C=O) groups excluding carboxylic acids is 1. The van der Waals surface area contributed by atoms with E-state index in [0.717, 1.165) is 19.3 Å². The van der Waals surface area contributed by atoms with Gasteiger partial charge in [-0.05, 0) is 56.9 Å². The van der Waals surface area contributed by atoms with Crippen LogP contribution in [-0.4, -0.2) is 34.5 Å². The van der Waals surface area contributed by atoms with E-state index in [2.05, 4.69) is 12.2 Å². The molecule has 0 unspecified atom stereocenters. The van der Waals surface area contributed by atoms with E-state index in [0.29, 0.717) is 12.8 Å². The topological polar surface area (TPSA) is 66.8 Å². The van der Waals surface area contributed by atoms with Crippen LogP contribution < -0.4 is 0 Å². The number of hydrogen-bond donors (Lipinski definition) is 2. The monoisotopic (exact) mass is 280 g/mol. The maximum atomic E-state index is 11.6. The van der Waals surface area contributed by atoms with Crippen molar-refractivity contribution in [2.24, 2.45) is 11.8 Å². The third kappa shape index (κ3) is 4.18. The number of esters is 1. The molecule has 2 rings (SSSR count). The minimum atomic E-state index is -0.717. The molecule has 0 radical (unpaired) electrons. The number of aliphatic hydroxyl groups excluding tert-OH is 2. The van der Waals surface area contributed by atoms with Crippen molar-refractivity contribution in [3.05, 3.63) is 24.3 Å². The standard InChI is InChI=1S/C16H24O4/c1-11-5-3-2-4-6-12-9-13(17)10-14(12)15(18)7-8-16(19)20-11/h4,6-8,11-15,17-18H,2-3,5,9-10H2,1H3/b6-4-,8-7-/t11-,12-,13-,14+,15+/m0/s1. The lowest BCUT2D eigenvalue weighted by molar-refractivity contribution is -0.142. The van der Waals surface area contributed by atoms with Crippen molar-refractivity contribution in [1.82, 2.24) is 0 Å². The smallest absolute Gasteiger partial charge is 0.330 e. The summed E-state index contributed by atoms with van der Waals surface area (Å²) in [6.07, 6.45) is 9.87. The fourth-order valence-corrected chi connectivity index (χ4v) is 3.10. The predicted molar refractivity (Wildman–Crippen MR) is 75.9 cm³/mol. The zero-order chi connectivity index (χ0) is 14.5. The summed E-state index contributed by atoms with van der Waals surface area (Å²) in [6.45, 7) is 1.89. The molecular weight excluding hydrogens is 256 g/mol. The minimum absolute atomic E-state index is 0.0246. The fourth-order valence-electron chi connectivity index (χ4n) is 3.10.